The quantitative estimate of drug-likeness (QED) is 0.0201. The molecule has 0 saturated carbocycles. The number of ether oxygens (including phenoxy) is 3. The van der Waals surface area contributed by atoms with Crippen molar-refractivity contribution in [1.82, 2.24) is 0 Å². The molecule has 0 rings (SSSR count). The number of allylic oxidation sites excluding steroid dienone is 16. The van der Waals surface area contributed by atoms with Crippen molar-refractivity contribution in [2.24, 2.45) is 0 Å². The Morgan fingerprint density at radius 1 is 0.373 bits per heavy atom. The van der Waals surface area contributed by atoms with Crippen molar-refractivity contribution >= 4 is 17.9 Å². The molecule has 0 N–H and O–H groups in total. The number of esters is 3. The maximum atomic E-state index is 12.7. The van der Waals surface area contributed by atoms with Gasteiger partial charge in [0.1, 0.15) is 13.2 Å². The molecule has 334 valence electrons. The molecule has 0 saturated heterocycles. The predicted octanol–water partition coefficient (Wildman–Crippen LogP) is 15.4. The van der Waals surface area contributed by atoms with Crippen molar-refractivity contribution in [3.05, 3.63) is 97.2 Å². The van der Waals surface area contributed by atoms with Gasteiger partial charge in [0.15, 0.2) is 6.10 Å². The van der Waals surface area contributed by atoms with Gasteiger partial charge >= 0.3 is 17.9 Å². The minimum Gasteiger partial charge on any atom is -0.462 e. The van der Waals surface area contributed by atoms with Crippen molar-refractivity contribution in [1.29, 1.82) is 0 Å². The molecule has 0 aliphatic heterocycles. The number of hydrogen-bond donors (Lipinski definition) is 0. The molecular weight excluding hydrogens is 733 g/mol. The van der Waals surface area contributed by atoms with E-state index in [1.807, 2.05) is 6.08 Å². The summed E-state index contributed by atoms with van der Waals surface area (Å²) in [7, 11) is 0. The van der Waals surface area contributed by atoms with Crippen LogP contribution in [0.5, 0.6) is 0 Å². The van der Waals surface area contributed by atoms with Crippen molar-refractivity contribution in [3.8, 4) is 0 Å². The standard InChI is InChI=1S/C53H86O6/c1-4-7-10-13-16-19-22-24-25-26-27-29-31-34-37-40-43-46-52(55)58-49-50(48-57-51(54)45-42-39-36-33-30-21-18-15-12-9-6-3)59-53(56)47-44-41-38-35-32-28-23-20-17-14-11-8-5-2/h8,11,14-15,17-18,20-21,23-25,27,29-30,34,37,50H,4-7,9-10,12-13,16,19,22,26,28,31-33,35-36,38-49H2,1-3H3/b11-8-,17-14-,18-15-,23-20-,25-24-,29-27-,30-21-,37-34-. The van der Waals surface area contributed by atoms with Gasteiger partial charge in [0.2, 0.25) is 0 Å². The van der Waals surface area contributed by atoms with E-state index in [4.69, 9.17) is 14.2 Å². The Morgan fingerprint density at radius 3 is 1.32 bits per heavy atom. The van der Waals surface area contributed by atoms with Gasteiger partial charge in [-0.3, -0.25) is 14.4 Å². The molecule has 0 aliphatic rings. The van der Waals surface area contributed by atoms with Crippen LogP contribution < -0.4 is 0 Å². The van der Waals surface area contributed by atoms with Crippen LogP contribution in [0.15, 0.2) is 97.2 Å². The van der Waals surface area contributed by atoms with Gasteiger partial charge in [0, 0.05) is 19.3 Å². The highest BCUT2D eigenvalue weighted by molar-refractivity contribution is 5.71. The van der Waals surface area contributed by atoms with E-state index in [9.17, 15) is 14.4 Å². The van der Waals surface area contributed by atoms with Crippen LogP contribution in [0.1, 0.15) is 201 Å². The Balaban J connectivity index is 4.52. The molecule has 6 nitrogen and oxygen atoms in total. The summed E-state index contributed by atoms with van der Waals surface area (Å²) in [6, 6.07) is 0. The third-order valence-corrected chi connectivity index (χ3v) is 9.63. The summed E-state index contributed by atoms with van der Waals surface area (Å²) in [5.41, 5.74) is 0. The highest BCUT2D eigenvalue weighted by Gasteiger charge is 2.19. The molecule has 6 heteroatoms. The number of carbonyl (C=O) groups is 3. The van der Waals surface area contributed by atoms with Crippen molar-refractivity contribution in [3.63, 3.8) is 0 Å². The van der Waals surface area contributed by atoms with E-state index < -0.39 is 6.10 Å². The maximum absolute atomic E-state index is 12.7. The molecule has 0 spiro atoms. The summed E-state index contributed by atoms with van der Waals surface area (Å²) in [4.78, 5) is 37.8. The monoisotopic (exact) mass is 819 g/mol. The van der Waals surface area contributed by atoms with Gasteiger partial charge in [-0.15, -0.1) is 0 Å². The first kappa shape index (κ1) is 55.3. The molecule has 0 aromatic carbocycles. The minimum absolute atomic E-state index is 0.117. The minimum atomic E-state index is -0.818. The van der Waals surface area contributed by atoms with Gasteiger partial charge in [0.05, 0.1) is 0 Å². The lowest BCUT2D eigenvalue weighted by atomic mass is 10.1. The fourth-order valence-corrected chi connectivity index (χ4v) is 6.02. The van der Waals surface area contributed by atoms with Crippen molar-refractivity contribution in [2.45, 2.75) is 207 Å². The van der Waals surface area contributed by atoms with E-state index in [-0.39, 0.29) is 44.0 Å². The lowest BCUT2D eigenvalue weighted by Crippen LogP contribution is -2.30. The first-order valence-electron chi connectivity index (χ1n) is 23.8. The predicted molar refractivity (Wildman–Crippen MR) is 251 cm³/mol. The van der Waals surface area contributed by atoms with E-state index >= 15 is 0 Å². The van der Waals surface area contributed by atoms with Gasteiger partial charge in [-0.05, 0) is 89.9 Å². The van der Waals surface area contributed by atoms with E-state index in [2.05, 4.69) is 112 Å². The van der Waals surface area contributed by atoms with Crippen molar-refractivity contribution in [2.75, 3.05) is 13.2 Å². The Morgan fingerprint density at radius 2 is 0.763 bits per heavy atom. The van der Waals surface area contributed by atoms with E-state index in [0.717, 1.165) is 96.3 Å². The van der Waals surface area contributed by atoms with E-state index in [1.54, 1.807) is 0 Å². The summed E-state index contributed by atoms with van der Waals surface area (Å²) < 4.78 is 16.6. The second-order valence-electron chi connectivity index (χ2n) is 15.4. The lowest BCUT2D eigenvalue weighted by molar-refractivity contribution is -0.167. The van der Waals surface area contributed by atoms with Crippen LogP contribution in [0.4, 0.5) is 0 Å². The van der Waals surface area contributed by atoms with Crippen LogP contribution in [0.3, 0.4) is 0 Å². The molecule has 1 unspecified atom stereocenters. The molecule has 0 bridgehead atoms. The van der Waals surface area contributed by atoms with Crippen LogP contribution in [0, 0.1) is 0 Å². The zero-order valence-corrected chi connectivity index (χ0v) is 38.0. The molecule has 0 amide bonds. The fraction of sp³-hybridized carbons (Fsp3) is 0.642. The van der Waals surface area contributed by atoms with Gasteiger partial charge in [-0.2, -0.15) is 0 Å². The molecule has 0 aromatic heterocycles. The van der Waals surface area contributed by atoms with Gasteiger partial charge < -0.3 is 14.2 Å². The number of rotatable bonds is 41. The van der Waals surface area contributed by atoms with Crippen LogP contribution in [0.2, 0.25) is 0 Å². The molecule has 0 aliphatic carbocycles. The topological polar surface area (TPSA) is 78.9 Å². The summed E-state index contributed by atoms with van der Waals surface area (Å²) in [5, 5.41) is 0. The summed E-state index contributed by atoms with van der Waals surface area (Å²) >= 11 is 0. The smallest absolute Gasteiger partial charge is 0.306 e. The number of unbranched alkanes of at least 4 members (excludes halogenated alkanes) is 17. The molecular formula is C53H86O6. The summed E-state index contributed by atoms with van der Waals surface area (Å²) in [6.07, 6.45) is 61.1. The highest BCUT2D eigenvalue weighted by Crippen LogP contribution is 2.12. The second kappa shape index (κ2) is 47.0. The highest BCUT2D eigenvalue weighted by atomic mass is 16.6. The average molecular weight is 819 g/mol. The number of carbonyl (C=O) groups excluding carboxylic acids is 3. The Labute approximate surface area is 362 Å². The Hall–Kier alpha value is -3.67. The summed E-state index contributed by atoms with van der Waals surface area (Å²) in [5.74, 6) is -1.03. The molecule has 0 radical (unpaired) electrons. The van der Waals surface area contributed by atoms with Gasteiger partial charge in [-0.1, -0.05) is 189 Å². The first-order chi connectivity index (χ1) is 29.0. The van der Waals surface area contributed by atoms with E-state index in [0.29, 0.717) is 12.8 Å². The van der Waals surface area contributed by atoms with Gasteiger partial charge in [-0.25, -0.2) is 0 Å². The first-order valence-corrected chi connectivity index (χ1v) is 23.8. The SMILES string of the molecule is CC\C=C/C=C\C=C/CCCCCCCC(=O)OC(COC(=O)CCC/C=C\C/C=C\C/C=C\CCCCCCCC)COC(=O)CCCCC/C=C\C=C/CCCC. The van der Waals surface area contributed by atoms with Gasteiger partial charge in [0.25, 0.3) is 0 Å². The third-order valence-electron chi connectivity index (χ3n) is 9.63. The molecule has 1 atom stereocenters. The fourth-order valence-electron chi connectivity index (χ4n) is 6.02. The van der Waals surface area contributed by atoms with Crippen LogP contribution >= 0.6 is 0 Å². The lowest BCUT2D eigenvalue weighted by Gasteiger charge is -2.18. The van der Waals surface area contributed by atoms with Crippen LogP contribution in [0.25, 0.3) is 0 Å². The second-order valence-corrected chi connectivity index (χ2v) is 15.4. The zero-order valence-electron chi connectivity index (χ0n) is 38.0. The number of hydrogen-bond acceptors (Lipinski definition) is 6. The zero-order chi connectivity index (χ0) is 43.0. The Kier molecular flexibility index (Phi) is 44.1. The third kappa shape index (κ3) is 45.3. The molecule has 0 heterocycles. The van der Waals surface area contributed by atoms with Crippen LogP contribution in [-0.4, -0.2) is 37.2 Å². The largest absolute Gasteiger partial charge is 0.462 e. The molecule has 59 heavy (non-hydrogen) atoms. The molecule has 0 fully saturated rings. The van der Waals surface area contributed by atoms with E-state index in [1.165, 1.54) is 57.8 Å². The van der Waals surface area contributed by atoms with Crippen molar-refractivity contribution < 1.29 is 28.6 Å². The molecule has 0 aromatic rings. The van der Waals surface area contributed by atoms with Crippen LogP contribution in [-0.2, 0) is 28.6 Å². The average Bonchev–Trinajstić information content (AvgIpc) is 3.23. The Bertz CT molecular complexity index is 1220. The maximum Gasteiger partial charge on any atom is 0.306 e. The summed E-state index contributed by atoms with van der Waals surface area (Å²) in [6.45, 7) is 6.33. The normalized spacial score (nSPS) is 12.9.